The van der Waals surface area contributed by atoms with Crippen molar-refractivity contribution in [3.05, 3.63) is 52.7 Å². The maximum absolute atomic E-state index is 13.7. The molecule has 2 aromatic rings. The molecule has 2 unspecified atom stereocenters. The van der Waals surface area contributed by atoms with Crippen molar-refractivity contribution in [2.75, 3.05) is 5.32 Å². The highest BCUT2D eigenvalue weighted by Crippen LogP contribution is 2.42. The molecule has 0 radical (unpaired) electrons. The van der Waals surface area contributed by atoms with Gasteiger partial charge in [-0.25, -0.2) is 9.07 Å². The Morgan fingerprint density at radius 2 is 2.04 bits per heavy atom. The summed E-state index contributed by atoms with van der Waals surface area (Å²) in [5.74, 6) is -2.08. The molecule has 2 aliphatic rings. The smallest absolute Gasteiger partial charge is 0.328 e. The molecule has 1 aromatic carbocycles. The largest absolute Gasteiger partial charge is 0.453 e. The number of alkyl halides is 3. The van der Waals surface area contributed by atoms with Crippen LogP contribution >= 0.6 is 0 Å². The highest BCUT2D eigenvalue weighted by atomic mass is 19.4. The van der Waals surface area contributed by atoms with E-state index in [2.05, 4.69) is 15.4 Å². The highest BCUT2D eigenvalue weighted by Gasteiger charge is 2.43. The number of halogens is 4. The number of benzene rings is 1. The van der Waals surface area contributed by atoms with Crippen LogP contribution in [0.25, 0.3) is 0 Å². The fraction of sp³-hybridized carbons (Fsp3) is 0.353. The molecule has 1 aliphatic heterocycles. The second-order valence-electron chi connectivity index (χ2n) is 6.61. The Balaban J connectivity index is 1.92. The summed E-state index contributed by atoms with van der Waals surface area (Å²) in [4.78, 5) is 16.2. The van der Waals surface area contributed by atoms with Crippen LogP contribution in [0.3, 0.4) is 0 Å². The first kappa shape index (κ1) is 16.7. The quantitative estimate of drug-likeness (QED) is 0.782. The summed E-state index contributed by atoms with van der Waals surface area (Å²) in [5.41, 5.74) is 1.19. The third kappa shape index (κ3) is 2.67. The van der Waals surface area contributed by atoms with Crippen LogP contribution in [0, 0.1) is 11.7 Å². The summed E-state index contributed by atoms with van der Waals surface area (Å²) >= 11 is 0. The van der Waals surface area contributed by atoms with E-state index in [-0.39, 0.29) is 24.1 Å². The Labute approximate surface area is 145 Å². The molecule has 1 aliphatic carbocycles. The summed E-state index contributed by atoms with van der Waals surface area (Å²) in [6.45, 7) is 1.89. The summed E-state index contributed by atoms with van der Waals surface area (Å²) in [5, 5.41) is 6.38. The zero-order chi connectivity index (χ0) is 18.6. The van der Waals surface area contributed by atoms with Gasteiger partial charge in [-0.1, -0.05) is 19.1 Å². The number of ketones is 1. The molecule has 26 heavy (non-hydrogen) atoms. The van der Waals surface area contributed by atoms with E-state index >= 15 is 0 Å². The van der Waals surface area contributed by atoms with E-state index in [1.54, 1.807) is 6.07 Å². The van der Waals surface area contributed by atoms with Gasteiger partial charge in [-0.2, -0.15) is 18.2 Å². The van der Waals surface area contributed by atoms with E-state index in [0.717, 1.165) is 4.68 Å². The highest BCUT2D eigenvalue weighted by molar-refractivity contribution is 5.99. The van der Waals surface area contributed by atoms with Gasteiger partial charge in [-0.3, -0.25) is 4.79 Å². The van der Waals surface area contributed by atoms with Crippen molar-refractivity contribution in [1.29, 1.82) is 0 Å². The summed E-state index contributed by atoms with van der Waals surface area (Å²) < 4.78 is 54.0. The third-order valence-corrected chi connectivity index (χ3v) is 4.54. The minimum absolute atomic E-state index is 0.0541. The maximum Gasteiger partial charge on any atom is 0.453 e. The number of carbonyl (C=O) groups excluding carboxylic acids is 1. The average Bonchev–Trinajstić information content (AvgIpc) is 2.96. The monoisotopic (exact) mass is 366 g/mol. The van der Waals surface area contributed by atoms with Crippen molar-refractivity contribution in [3.8, 4) is 0 Å². The molecule has 0 fully saturated rings. The molecule has 0 bridgehead atoms. The average molecular weight is 366 g/mol. The van der Waals surface area contributed by atoms with Gasteiger partial charge in [-0.05, 0) is 30.0 Å². The first-order valence-electron chi connectivity index (χ1n) is 8.06. The number of hydrogen-bond donors (Lipinski definition) is 1. The number of nitrogens with zero attached hydrogens (tertiary/aromatic N) is 3. The number of allylic oxidation sites excluding steroid dienone is 2. The molecule has 2 atom stereocenters. The van der Waals surface area contributed by atoms with E-state index in [0.29, 0.717) is 23.3 Å². The first-order chi connectivity index (χ1) is 12.2. The van der Waals surface area contributed by atoms with Gasteiger partial charge >= 0.3 is 6.18 Å². The zero-order valence-electron chi connectivity index (χ0n) is 13.6. The minimum atomic E-state index is -4.73. The number of fused-ring (bicyclic) bond motifs is 1. The van der Waals surface area contributed by atoms with Gasteiger partial charge in [0.05, 0.1) is 0 Å². The number of Topliss-reactive ketones (excluding diaryl/α,β-unsaturated/α-hetero) is 1. The lowest BCUT2D eigenvalue weighted by Gasteiger charge is -2.34. The predicted molar refractivity (Wildman–Crippen MR) is 83.6 cm³/mol. The molecule has 5 nitrogen and oxygen atoms in total. The van der Waals surface area contributed by atoms with Crippen LogP contribution in [0.15, 0.2) is 35.5 Å². The van der Waals surface area contributed by atoms with Crippen LogP contribution < -0.4 is 5.32 Å². The number of carbonyl (C=O) groups is 1. The van der Waals surface area contributed by atoms with E-state index in [1.165, 1.54) is 18.2 Å². The topological polar surface area (TPSA) is 59.8 Å². The summed E-state index contributed by atoms with van der Waals surface area (Å²) in [6.07, 6.45) is -3.94. The van der Waals surface area contributed by atoms with Gasteiger partial charge in [0.2, 0.25) is 5.95 Å². The molecule has 136 valence electrons. The third-order valence-electron chi connectivity index (χ3n) is 4.54. The van der Waals surface area contributed by atoms with E-state index in [9.17, 15) is 22.4 Å². The Morgan fingerprint density at radius 3 is 2.73 bits per heavy atom. The van der Waals surface area contributed by atoms with Crippen molar-refractivity contribution in [2.24, 2.45) is 5.92 Å². The molecule has 0 amide bonds. The van der Waals surface area contributed by atoms with Crippen LogP contribution in [0.4, 0.5) is 23.5 Å². The summed E-state index contributed by atoms with van der Waals surface area (Å²) in [6, 6.07) is 4.50. The van der Waals surface area contributed by atoms with Crippen LogP contribution in [0.1, 0.15) is 37.2 Å². The van der Waals surface area contributed by atoms with Gasteiger partial charge < -0.3 is 5.32 Å². The van der Waals surface area contributed by atoms with Crippen molar-refractivity contribution >= 4 is 11.7 Å². The first-order valence-corrected chi connectivity index (χ1v) is 8.06. The Bertz CT molecular complexity index is 931. The molecule has 0 saturated carbocycles. The zero-order valence-corrected chi connectivity index (χ0v) is 13.6. The molecule has 0 spiro atoms. The molecule has 0 saturated heterocycles. The van der Waals surface area contributed by atoms with Crippen molar-refractivity contribution in [3.63, 3.8) is 0 Å². The van der Waals surface area contributed by atoms with Gasteiger partial charge in [-0.15, -0.1) is 5.10 Å². The minimum Gasteiger partial charge on any atom is -0.328 e. The Hall–Kier alpha value is -2.71. The van der Waals surface area contributed by atoms with Crippen LogP contribution in [-0.4, -0.2) is 20.5 Å². The van der Waals surface area contributed by atoms with Gasteiger partial charge in [0, 0.05) is 17.7 Å². The maximum atomic E-state index is 13.7. The van der Waals surface area contributed by atoms with Gasteiger partial charge in [0.1, 0.15) is 11.9 Å². The number of hydrogen-bond acceptors (Lipinski definition) is 4. The van der Waals surface area contributed by atoms with Crippen LogP contribution in [0.2, 0.25) is 0 Å². The lowest BCUT2D eigenvalue weighted by Crippen LogP contribution is -2.33. The van der Waals surface area contributed by atoms with Crippen LogP contribution in [0.5, 0.6) is 0 Å². The molecule has 1 aromatic heterocycles. The van der Waals surface area contributed by atoms with E-state index in [1.807, 2.05) is 6.92 Å². The normalized spacial score (nSPS) is 22.7. The van der Waals surface area contributed by atoms with Gasteiger partial charge in [0.25, 0.3) is 5.82 Å². The second-order valence-corrected chi connectivity index (χ2v) is 6.61. The fourth-order valence-electron chi connectivity index (χ4n) is 3.51. The van der Waals surface area contributed by atoms with Crippen molar-refractivity contribution in [2.45, 2.75) is 32.0 Å². The molecule has 2 heterocycles. The molecule has 9 heteroatoms. The predicted octanol–water partition coefficient (Wildman–Crippen LogP) is 3.70. The Morgan fingerprint density at radius 1 is 1.27 bits per heavy atom. The Kier molecular flexibility index (Phi) is 3.64. The molecular formula is C17H14F4N4O. The van der Waals surface area contributed by atoms with Crippen molar-refractivity contribution in [1.82, 2.24) is 14.8 Å². The van der Waals surface area contributed by atoms with E-state index < -0.39 is 23.9 Å². The standard InChI is InChI=1S/C17H14F4N4O/c1-8-5-11-13(12(26)6-8)14(9-3-2-4-10(18)7-9)25-16(22-11)23-15(24-25)17(19,20)21/h2-4,7-8,14H,5-6H2,1H3,(H,22,23,24). The van der Waals surface area contributed by atoms with Crippen LogP contribution in [-0.2, 0) is 11.0 Å². The number of nitrogens with one attached hydrogen (secondary N) is 1. The fourth-order valence-corrected chi connectivity index (χ4v) is 3.51. The number of aromatic nitrogens is 3. The summed E-state index contributed by atoms with van der Waals surface area (Å²) in [7, 11) is 0. The van der Waals surface area contributed by atoms with Gasteiger partial charge in [0.15, 0.2) is 5.78 Å². The molecule has 4 rings (SSSR count). The lowest BCUT2D eigenvalue weighted by atomic mass is 9.81. The van der Waals surface area contributed by atoms with E-state index in [4.69, 9.17) is 0 Å². The molecular weight excluding hydrogens is 352 g/mol. The SMILES string of the molecule is CC1CC(=O)C2=C(C1)Nc1nc(C(F)(F)F)nn1C2c1cccc(F)c1. The second kappa shape index (κ2) is 5.65. The lowest BCUT2D eigenvalue weighted by molar-refractivity contribution is -0.145. The number of rotatable bonds is 1. The number of anilines is 1. The van der Waals surface area contributed by atoms with Crippen molar-refractivity contribution < 1.29 is 22.4 Å². The molecule has 1 N–H and O–H groups in total.